The van der Waals surface area contributed by atoms with Gasteiger partial charge in [-0.05, 0) is 31.2 Å². The zero-order valence-corrected chi connectivity index (χ0v) is 11.3. The molecule has 20 heavy (non-hydrogen) atoms. The molecule has 1 unspecified atom stereocenters. The molecule has 6 nitrogen and oxygen atoms in total. The van der Waals surface area contributed by atoms with E-state index in [2.05, 4.69) is 10.4 Å². The van der Waals surface area contributed by atoms with Crippen molar-refractivity contribution in [2.24, 2.45) is 5.92 Å². The van der Waals surface area contributed by atoms with Gasteiger partial charge in [0.15, 0.2) is 0 Å². The van der Waals surface area contributed by atoms with Gasteiger partial charge in [-0.1, -0.05) is 11.6 Å². The van der Waals surface area contributed by atoms with Crippen molar-refractivity contribution in [3.63, 3.8) is 0 Å². The third-order valence-corrected chi connectivity index (χ3v) is 2.97. The van der Waals surface area contributed by atoms with Crippen molar-refractivity contribution < 1.29 is 14.7 Å². The maximum absolute atomic E-state index is 11.8. The number of carboxylic acid groups (broad SMARTS) is 1. The fraction of sp³-hybridized carbons (Fsp3) is 0.154. The third-order valence-electron chi connectivity index (χ3n) is 2.73. The summed E-state index contributed by atoms with van der Waals surface area (Å²) in [6.45, 7) is 1.32. The lowest BCUT2D eigenvalue weighted by Crippen LogP contribution is -2.27. The van der Waals surface area contributed by atoms with Crippen molar-refractivity contribution in [1.82, 2.24) is 9.78 Å². The fourth-order valence-corrected chi connectivity index (χ4v) is 1.74. The zero-order chi connectivity index (χ0) is 14.7. The first-order valence-corrected chi connectivity index (χ1v) is 6.20. The van der Waals surface area contributed by atoms with E-state index < -0.39 is 17.8 Å². The number of carboxylic acids is 1. The third kappa shape index (κ3) is 2.97. The van der Waals surface area contributed by atoms with Crippen molar-refractivity contribution in [3.05, 3.63) is 41.7 Å². The Kier molecular flexibility index (Phi) is 4.05. The minimum absolute atomic E-state index is 0.402. The molecular weight excluding hydrogens is 282 g/mol. The first kappa shape index (κ1) is 14.1. The predicted octanol–water partition coefficient (Wildman–Crippen LogP) is 2.18. The second-order valence-electron chi connectivity index (χ2n) is 4.16. The van der Waals surface area contributed by atoms with Crippen LogP contribution in [0.5, 0.6) is 0 Å². The average Bonchev–Trinajstić information content (AvgIpc) is 2.91. The fourth-order valence-electron chi connectivity index (χ4n) is 1.57. The van der Waals surface area contributed by atoms with Gasteiger partial charge in [0, 0.05) is 17.4 Å². The first-order valence-electron chi connectivity index (χ1n) is 5.82. The molecule has 2 N–H and O–H groups in total. The molecule has 0 saturated heterocycles. The molecule has 0 saturated carbocycles. The van der Waals surface area contributed by atoms with Crippen molar-refractivity contribution in [2.45, 2.75) is 6.92 Å². The van der Waals surface area contributed by atoms with Crippen molar-refractivity contribution in [3.8, 4) is 5.69 Å². The summed E-state index contributed by atoms with van der Waals surface area (Å²) in [5.74, 6) is -2.96. The van der Waals surface area contributed by atoms with Crippen LogP contribution in [0.25, 0.3) is 5.69 Å². The van der Waals surface area contributed by atoms with Crippen LogP contribution in [0.15, 0.2) is 36.7 Å². The molecule has 2 rings (SSSR count). The van der Waals surface area contributed by atoms with Gasteiger partial charge in [0.05, 0.1) is 11.4 Å². The lowest BCUT2D eigenvalue weighted by molar-refractivity contribution is -0.144. The van der Waals surface area contributed by atoms with Crippen LogP contribution in [0.2, 0.25) is 5.02 Å². The number of benzene rings is 1. The summed E-state index contributed by atoms with van der Waals surface area (Å²) < 4.78 is 1.55. The minimum atomic E-state index is -1.19. The number of amides is 1. The van der Waals surface area contributed by atoms with Crippen molar-refractivity contribution in [2.75, 3.05) is 5.32 Å². The van der Waals surface area contributed by atoms with Crippen LogP contribution in [0.3, 0.4) is 0 Å². The topological polar surface area (TPSA) is 84.2 Å². The summed E-state index contributed by atoms with van der Waals surface area (Å²) in [5, 5.41) is 15.9. The van der Waals surface area contributed by atoms with Gasteiger partial charge in [0.1, 0.15) is 5.92 Å². The van der Waals surface area contributed by atoms with E-state index in [0.717, 1.165) is 0 Å². The van der Waals surface area contributed by atoms with Crippen LogP contribution in [-0.4, -0.2) is 26.8 Å². The molecule has 1 aromatic heterocycles. The number of aliphatic carboxylic acids is 1. The van der Waals surface area contributed by atoms with Crippen LogP contribution in [0, 0.1) is 5.92 Å². The molecule has 0 aliphatic rings. The van der Waals surface area contributed by atoms with Crippen molar-refractivity contribution in [1.29, 1.82) is 0 Å². The smallest absolute Gasteiger partial charge is 0.315 e. The number of carbonyl (C=O) groups is 2. The Morgan fingerprint density at radius 1 is 1.45 bits per heavy atom. The Hall–Kier alpha value is -2.34. The van der Waals surface area contributed by atoms with E-state index in [-0.39, 0.29) is 0 Å². The predicted molar refractivity (Wildman–Crippen MR) is 74.0 cm³/mol. The van der Waals surface area contributed by atoms with E-state index in [1.807, 2.05) is 0 Å². The summed E-state index contributed by atoms with van der Waals surface area (Å²) >= 11 is 5.91. The SMILES string of the molecule is CC(C(=O)O)C(=O)Nc1cc(Cl)ccc1-n1cccn1. The van der Waals surface area contributed by atoms with Crippen LogP contribution in [0.4, 0.5) is 5.69 Å². The van der Waals surface area contributed by atoms with Crippen molar-refractivity contribution >= 4 is 29.2 Å². The molecule has 0 aliphatic carbocycles. The number of hydrogen-bond donors (Lipinski definition) is 2. The summed E-state index contributed by atoms with van der Waals surface area (Å²) in [6.07, 6.45) is 3.31. The molecule has 1 atom stereocenters. The Bertz CT molecular complexity index is 640. The number of anilines is 1. The number of aromatic nitrogens is 2. The Balaban J connectivity index is 2.34. The summed E-state index contributed by atoms with van der Waals surface area (Å²) in [4.78, 5) is 22.6. The second kappa shape index (κ2) is 5.75. The van der Waals surface area contributed by atoms with Crippen LogP contribution in [0.1, 0.15) is 6.92 Å². The molecular formula is C13H12ClN3O3. The first-order chi connectivity index (χ1) is 9.49. The van der Waals surface area contributed by atoms with Crippen LogP contribution < -0.4 is 5.32 Å². The Morgan fingerprint density at radius 3 is 2.80 bits per heavy atom. The van der Waals surface area contributed by atoms with Gasteiger partial charge in [-0.3, -0.25) is 9.59 Å². The molecule has 0 aliphatic heterocycles. The van der Waals surface area contributed by atoms with Gasteiger partial charge in [-0.2, -0.15) is 5.10 Å². The largest absolute Gasteiger partial charge is 0.481 e. The van der Waals surface area contributed by atoms with Gasteiger partial charge >= 0.3 is 5.97 Å². The van der Waals surface area contributed by atoms with Crippen LogP contribution >= 0.6 is 11.6 Å². The maximum atomic E-state index is 11.8. The molecule has 104 valence electrons. The van der Waals surface area contributed by atoms with E-state index >= 15 is 0 Å². The van der Waals surface area contributed by atoms with E-state index in [1.54, 1.807) is 41.3 Å². The molecule has 2 aromatic rings. The zero-order valence-electron chi connectivity index (χ0n) is 10.6. The number of halogens is 1. The van der Waals surface area contributed by atoms with Gasteiger partial charge < -0.3 is 10.4 Å². The lowest BCUT2D eigenvalue weighted by Gasteiger charge is -2.13. The lowest BCUT2D eigenvalue weighted by atomic mass is 10.1. The van der Waals surface area contributed by atoms with Crippen LogP contribution in [-0.2, 0) is 9.59 Å². The molecule has 1 heterocycles. The van der Waals surface area contributed by atoms with E-state index in [0.29, 0.717) is 16.4 Å². The summed E-state index contributed by atoms with van der Waals surface area (Å²) in [7, 11) is 0. The standard InChI is InChI=1S/C13H12ClN3O3/c1-8(13(19)20)12(18)16-10-7-9(14)3-4-11(10)17-6-2-5-15-17/h2-8H,1H3,(H,16,18)(H,19,20). The monoisotopic (exact) mass is 293 g/mol. The Morgan fingerprint density at radius 2 is 2.20 bits per heavy atom. The van der Waals surface area contributed by atoms with Gasteiger partial charge in [0.25, 0.3) is 0 Å². The maximum Gasteiger partial charge on any atom is 0.315 e. The normalized spacial score (nSPS) is 11.9. The number of hydrogen-bond acceptors (Lipinski definition) is 3. The van der Waals surface area contributed by atoms with Gasteiger partial charge in [-0.25, -0.2) is 4.68 Å². The van der Waals surface area contributed by atoms with Gasteiger partial charge in [-0.15, -0.1) is 0 Å². The average molecular weight is 294 g/mol. The minimum Gasteiger partial charge on any atom is -0.481 e. The quantitative estimate of drug-likeness (QED) is 0.846. The Labute approximate surface area is 120 Å². The second-order valence-corrected chi connectivity index (χ2v) is 4.60. The number of nitrogens with one attached hydrogen (secondary N) is 1. The molecule has 0 radical (unpaired) electrons. The molecule has 1 amide bonds. The highest BCUT2D eigenvalue weighted by Crippen LogP contribution is 2.24. The number of rotatable bonds is 4. The number of carbonyl (C=O) groups excluding carboxylic acids is 1. The van der Waals surface area contributed by atoms with Gasteiger partial charge in [0.2, 0.25) is 5.91 Å². The summed E-state index contributed by atoms with van der Waals surface area (Å²) in [6, 6.07) is 6.64. The molecule has 0 fully saturated rings. The van der Waals surface area contributed by atoms with E-state index in [4.69, 9.17) is 16.7 Å². The highest BCUT2D eigenvalue weighted by Gasteiger charge is 2.21. The highest BCUT2D eigenvalue weighted by atomic mass is 35.5. The molecule has 0 bridgehead atoms. The number of nitrogens with zero attached hydrogens (tertiary/aromatic N) is 2. The van der Waals surface area contributed by atoms with E-state index in [9.17, 15) is 9.59 Å². The molecule has 0 spiro atoms. The van der Waals surface area contributed by atoms with E-state index in [1.165, 1.54) is 6.92 Å². The molecule has 7 heteroatoms. The molecule has 1 aromatic carbocycles. The summed E-state index contributed by atoms with van der Waals surface area (Å²) in [5.41, 5.74) is 1.00. The highest BCUT2D eigenvalue weighted by molar-refractivity contribution is 6.31.